The topological polar surface area (TPSA) is 93.4 Å². The summed E-state index contributed by atoms with van der Waals surface area (Å²) in [5.41, 5.74) is 6.84. The SMILES string of the molecule is COc1ccc(NC(=O)CCCC(=O)NC(C)C)cc1N. The van der Waals surface area contributed by atoms with Crippen molar-refractivity contribution < 1.29 is 14.3 Å². The Morgan fingerprint density at radius 2 is 1.90 bits per heavy atom. The molecule has 2 amide bonds. The number of hydrogen-bond donors (Lipinski definition) is 3. The Labute approximate surface area is 125 Å². The molecule has 0 aliphatic rings. The number of methoxy groups -OCH3 is 1. The Morgan fingerprint density at radius 3 is 2.48 bits per heavy atom. The minimum absolute atomic E-state index is 0.0357. The van der Waals surface area contributed by atoms with Crippen molar-refractivity contribution in [2.75, 3.05) is 18.2 Å². The lowest BCUT2D eigenvalue weighted by Gasteiger charge is -2.09. The van der Waals surface area contributed by atoms with Gasteiger partial charge in [-0.05, 0) is 38.5 Å². The zero-order valence-electron chi connectivity index (χ0n) is 12.7. The molecule has 6 heteroatoms. The second kappa shape index (κ2) is 8.14. The molecule has 0 radical (unpaired) electrons. The molecule has 0 saturated carbocycles. The van der Waals surface area contributed by atoms with Crippen LogP contribution in [0, 0.1) is 0 Å². The van der Waals surface area contributed by atoms with E-state index >= 15 is 0 Å². The summed E-state index contributed by atoms with van der Waals surface area (Å²) >= 11 is 0. The van der Waals surface area contributed by atoms with E-state index in [2.05, 4.69) is 10.6 Å². The van der Waals surface area contributed by atoms with Gasteiger partial charge < -0.3 is 21.1 Å². The fourth-order valence-electron chi connectivity index (χ4n) is 1.84. The molecular formula is C15H23N3O3. The summed E-state index contributed by atoms with van der Waals surface area (Å²) in [4.78, 5) is 23.2. The Bertz CT molecular complexity index is 501. The molecule has 0 heterocycles. The maximum atomic E-state index is 11.8. The normalized spacial score (nSPS) is 10.3. The summed E-state index contributed by atoms with van der Waals surface area (Å²) in [5, 5.41) is 5.53. The van der Waals surface area contributed by atoms with Crippen LogP contribution in [-0.2, 0) is 9.59 Å². The molecule has 0 fully saturated rings. The monoisotopic (exact) mass is 293 g/mol. The molecule has 0 aliphatic carbocycles. The fraction of sp³-hybridized carbons (Fsp3) is 0.467. The maximum Gasteiger partial charge on any atom is 0.224 e. The number of nitrogen functional groups attached to an aromatic ring is 1. The standard InChI is InChI=1S/C15H23N3O3/c1-10(2)17-14(19)5-4-6-15(20)18-11-7-8-13(21-3)12(16)9-11/h7-10H,4-6,16H2,1-3H3,(H,17,19)(H,18,20). The average Bonchev–Trinajstić information content (AvgIpc) is 2.38. The van der Waals surface area contributed by atoms with E-state index in [1.54, 1.807) is 18.2 Å². The van der Waals surface area contributed by atoms with Crippen molar-refractivity contribution in [3.05, 3.63) is 18.2 Å². The number of carbonyl (C=O) groups excluding carboxylic acids is 2. The van der Waals surface area contributed by atoms with Crippen molar-refractivity contribution >= 4 is 23.2 Å². The minimum Gasteiger partial charge on any atom is -0.495 e. The van der Waals surface area contributed by atoms with Gasteiger partial charge in [-0.2, -0.15) is 0 Å². The summed E-state index contributed by atoms with van der Waals surface area (Å²) in [7, 11) is 1.53. The molecule has 21 heavy (non-hydrogen) atoms. The minimum atomic E-state index is -0.142. The van der Waals surface area contributed by atoms with Crippen LogP contribution in [0.2, 0.25) is 0 Å². The lowest BCUT2D eigenvalue weighted by Crippen LogP contribution is -2.30. The Balaban J connectivity index is 2.37. The average molecular weight is 293 g/mol. The van der Waals surface area contributed by atoms with E-state index in [-0.39, 0.29) is 24.3 Å². The predicted molar refractivity (Wildman–Crippen MR) is 83.2 cm³/mol. The van der Waals surface area contributed by atoms with Crippen LogP contribution in [0.15, 0.2) is 18.2 Å². The first-order valence-electron chi connectivity index (χ1n) is 6.95. The first-order chi connectivity index (χ1) is 9.92. The number of benzene rings is 1. The van der Waals surface area contributed by atoms with Gasteiger partial charge in [0.1, 0.15) is 5.75 Å². The van der Waals surface area contributed by atoms with Crippen LogP contribution in [0.4, 0.5) is 11.4 Å². The van der Waals surface area contributed by atoms with Gasteiger partial charge in [-0.25, -0.2) is 0 Å². The number of ether oxygens (including phenoxy) is 1. The zero-order valence-corrected chi connectivity index (χ0v) is 12.7. The predicted octanol–water partition coefficient (Wildman–Crippen LogP) is 1.91. The van der Waals surface area contributed by atoms with Crippen molar-refractivity contribution in [1.82, 2.24) is 5.32 Å². The van der Waals surface area contributed by atoms with Gasteiger partial charge in [-0.1, -0.05) is 0 Å². The molecule has 0 unspecified atom stereocenters. The molecular weight excluding hydrogens is 270 g/mol. The molecule has 116 valence electrons. The number of nitrogens with one attached hydrogen (secondary N) is 2. The number of carbonyl (C=O) groups is 2. The third-order valence-corrected chi connectivity index (χ3v) is 2.77. The first-order valence-corrected chi connectivity index (χ1v) is 6.95. The van der Waals surface area contributed by atoms with Crippen LogP contribution < -0.4 is 21.1 Å². The van der Waals surface area contributed by atoms with E-state index in [4.69, 9.17) is 10.5 Å². The van der Waals surface area contributed by atoms with Crippen LogP contribution in [-0.4, -0.2) is 25.0 Å². The highest BCUT2D eigenvalue weighted by molar-refractivity contribution is 5.91. The summed E-state index contributed by atoms with van der Waals surface area (Å²) in [6.07, 6.45) is 1.14. The first kappa shape index (κ1) is 16.8. The van der Waals surface area contributed by atoms with Gasteiger partial charge in [0, 0.05) is 24.6 Å². The third kappa shape index (κ3) is 6.16. The molecule has 0 aliphatic heterocycles. The zero-order chi connectivity index (χ0) is 15.8. The van der Waals surface area contributed by atoms with Crippen molar-refractivity contribution in [2.45, 2.75) is 39.2 Å². The van der Waals surface area contributed by atoms with Crippen LogP contribution in [0.3, 0.4) is 0 Å². The van der Waals surface area contributed by atoms with Crippen molar-refractivity contribution in [3.63, 3.8) is 0 Å². The van der Waals surface area contributed by atoms with Gasteiger partial charge in [0.15, 0.2) is 0 Å². The largest absolute Gasteiger partial charge is 0.495 e. The van der Waals surface area contributed by atoms with Crippen LogP contribution in [0.5, 0.6) is 5.75 Å². The van der Waals surface area contributed by atoms with Gasteiger partial charge in [-0.15, -0.1) is 0 Å². The summed E-state index contributed by atoms with van der Waals surface area (Å²) < 4.78 is 5.05. The summed E-state index contributed by atoms with van der Waals surface area (Å²) in [6, 6.07) is 5.18. The van der Waals surface area contributed by atoms with E-state index in [1.807, 2.05) is 13.8 Å². The molecule has 0 bridgehead atoms. The Morgan fingerprint density at radius 1 is 1.24 bits per heavy atom. The number of amides is 2. The second-order valence-electron chi connectivity index (χ2n) is 5.08. The second-order valence-corrected chi connectivity index (χ2v) is 5.08. The quantitative estimate of drug-likeness (QED) is 0.669. The highest BCUT2D eigenvalue weighted by Gasteiger charge is 2.07. The number of hydrogen-bond acceptors (Lipinski definition) is 4. The maximum absolute atomic E-state index is 11.8. The summed E-state index contributed by atoms with van der Waals surface area (Å²) in [5.74, 6) is 0.391. The highest BCUT2D eigenvalue weighted by atomic mass is 16.5. The van der Waals surface area contributed by atoms with Crippen LogP contribution in [0.1, 0.15) is 33.1 Å². The van der Waals surface area contributed by atoms with Gasteiger partial charge in [-0.3, -0.25) is 9.59 Å². The van der Waals surface area contributed by atoms with E-state index in [0.717, 1.165) is 0 Å². The lowest BCUT2D eigenvalue weighted by molar-refractivity contribution is -0.121. The molecule has 6 nitrogen and oxygen atoms in total. The van der Waals surface area contributed by atoms with Gasteiger partial charge in [0.2, 0.25) is 11.8 Å². The molecule has 0 aromatic heterocycles. The van der Waals surface area contributed by atoms with E-state index in [0.29, 0.717) is 30.0 Å². The van der Waals surface area contributed by atoms with Gasteiger partial charge >= 0.3 is 0 Å². The number of rotatable bonds is 7. The number of anilines is 2. The fourth-order valence-corrected chi connectivity index (χ4v) is 1.84. The smallest absolute Gasteiger partial charge is 0.224 e. The van der Waals surface area contributed by atoms with Gasteiger partial charge in [0.25, 0.3) is 0 Å². The molecule has 0 spiro atoms. The van der Waals surface area contributed by atoms with Gasteiger partial charge in [0.05, 0.1) is 12.8 Å². The summed E-state index contributed by atoms with van der Waals surface area (Å²) in [6.45, 7) is 3.80. The van der Waals surface area contributed by atoms with Crippen molar-refractivity contribution in [1.29, 1.82) is 0 Å². The van der Waals surface area contributed by atoms with Crippen LogP contribution >= 0.6 is 0 Å². The van der Waals surface area contributed by atoms with Crippen LogP contribution in [0.25, 0.3) is 0 Å². The Kier molecular flexibility index (Phi) is 6.52. The van der Waals surface area contributed by atoms with Crippen molar-refractivity contribution in [3.8, 4) is 5.75 Å². The molecule has 1 rings (SSSR count). The Hall–Kier alpha value is -2.24. The van der Waals surface area contributed by atoms with E-state index in [9.17, 15) is 9.59 Å². The van der Waals surface area contributed by atoms with E-state index < -0.39 is 0 Å². The molecule has 4 N–H and O–H groups in total. The molecule has 1 aromatic rings. The van der Waals surface area contributed by atoms with E-state index in [1.165, 1.54) is 7.11 Å². The highest BCUT2D eigenvalue weighted by Crippen LogP contribution is 2.24. The molecule has 0 saturated heterocycles. The third-order valence-electron chi connectivity index (χ3n) is 2.77. The van der Waals surface area contributed by atoms with Crippen molar-refractivity contribution in [2.24, 2.45) is 0 Å². The lowest BCUT2D eigenvalue weighted by atomic mass is 10.2. The number of nitrogens with two attached hydrogens (primary N) is 1. The molecule has 1 aromatic carbocycles. The molecule has 0 atom stereocenters.